The Labute approximate surface area is 139 Å². The average Bonchev–Trinajstić information content (AvgIpc) is 3.20. The summed E-state index contributed by atoms with van der Waals surface area (Å²) in [5.41, 5.74) is -3.90. The molecule has 3 heterocycles. The second-order valence-corrected chi connectivity index (χ2v) is 8.46. The quantitative estimate of drug-likeness (QED) is 0.550. The molecular weight excluding hydrogens is 316 g/mol. The lowest BCUT2D eigenvalue weighted by molar-refractivity contribution is -0.287. The molecule has 1 unspecified atom stereocenters. The molecule has 0 aromatic heterocycles. The Morgan fingerprint density at radius 2 is 1.96 bits per heavy atom. The molecule has 5 fully saturated rings. The van der Waals surface area contributed by atoms with Crippen LogP contribution in [0.15, 0.2) is 0 Å². The monoisotopic (exact) mass is 338 g/mol. The molecule has 132 valence electrons. The van der Waals surface area contributed by atoms with E-state index in [2.05, 4.69) is 0 Å². The molecule has 2 aliphatic carbocycles. The Kier molecular flexibility index (Phi) is 2.50. The summed E-state index contributed by atoms with van der Waals surface area (Å²) in [6.45, 7) is 3.89. The molecule has 1 N–H and O–H groups in total. The van der Waals surface area contributed by atoms with E-state index in [4.69, 9.17) is 18.9 Å². The lowest BCUT2D eigenvalue weighted by Gasteiger charge is -2.61. The molecule has 0 radical (unpaired) electrons. The van der Waals surface area contributed by atoms with Crippen LogP contribution in [0.4, 0.5) is 0 Å². The SMILES string of the molecule is CO[C@H]1OC(=O)C[C@@]2(O)[C@@]13O[C@@H]3C1OC(=O)[C@@]3(C)CCC[C@@]2(C)[C@@H]13. The van der Waals surface area contributed by atoms with E-state index < -0.39 is 46.5 Å². The summed E-state index contributed by atoms with van der Waals surface area (Å²) >= 11 is 0. The van der Waals surface area contributed by atoms with Crippen molar-refractivity contribution in [3.63, 3.8) is 0 Å². The lowest BCUT2D eigenvalue weighted by Crippen LogP contribution is -2.75. The number of hydrogen-bond donors (Lipinski definition) is 1. The molecule has 7 nitrogen and oxygen atoms in total. The molecule has 24 heavy (non-hydrogen) atoms. The summed E-state index contributed by atoms with van der Waals surface area (Å²) in [5.74, 6) is -0.903. The van der Waals surface area contributed by atoms with Gasteiger partial charge in [-0.2, -0.15) is 0 Å². The molecule has 3 aliphatic heterocycles. The van der Waals surface area contributed by atoms with Gasteiger partial charge < -0.3 is 24.1 Å². The van der Waals surface area contributed by atoms with Crippen LogP contribution in [0, 0.1) is 16.7 Å². The van der Waals surface area contributed by atoms with Gasteiger partial charge in [-0.25, -0.2) is 0 Å². The molecule has 2 saturated carbocycles. The molecule has 7 heteroatoms. The molecule has 5 aliphatic rings. The Morgan fingerprint density at radius 1 is 1.21 bits per heavy atom. The summed E-state index contributed by atoms with van der Waals surface area (Å²) in [4.78, 5) is 24.8. The Balaban J connectivity index is 1.72. The number of carbonyl (C=O) groups excluding carboxylic acids is 2. The highest BCUT2D eigenvalue weighted by molar-refractivity contribution is 5.81. The zero-order chi connectivity index (χ0) is 17.1. The van der Waals surface area contributed by atoms with Crippen LogP contribution in [0.25, 0.3) is 0 Å². The minimum absolute atomic E-state index is 0.145. The second kappa shape index (κ2) is 3.97. The number of fused-ring (bicyclic) bond motifs is 2. The first-order valence-electron chi connectivity index (χ1n) is 8.58. The largest absolute Gasteiger partial charge is 0.459 e. The Bertz CT molecular complexity index is 663. The summed E-state index contributed by atoms with van der Waals surface area (Å²) < 4.78 is 22.4. The number of ether oxygens (including phenoxy) is 4. The maximum Gasteiger partial charge on any atom is 0.312 e. The van der Waals surface area contributed by atoms with Crippen molar-refractivity contribution < 1.29 is 33.6 Å². The average molecular weight is 338 g/mol. The number of hydrogen-bond acceptors (Lipinski definition) is 7. The van der Waals surface area contributed by atoms with Gasteiger partial charge in [-0.05, 0) is 19.8 Å². The van der Waals surface area contributed by atoms with Crippen LogP contribution in [-0.4, -0.2) is 53.9 Å². The van der Waals surface area contributed by atoms with E-state index in [0.29, 0.717) is 6.42 Å². The van der Waals surface area contributed by atoms with E-state index in [9.17, 15) is 14.7 Å². The van der Waals surface area contributed by atoms with E-state index >= 15 is 0 Å². The van der Waals surface area contributed by atoms with Crippen LogP contribution in [0.5, 0.6) is 0 Å². The predicted octanol–water partition coefficient (Wildman–Crippen LogP) is 0.526. The van der Waals surface area contributed by atoms with E-state index in [1.807, 2.05) is 13.8 Å². The summed E-state index contributed by atoms with van der Waals surface area (Å²) in [5, 5.41) is 11.8. The highest BCUT2D eigenvalue weighted by atomic mass is 16.8. The van der Waals surface area contributed by atoms with E-state index in [1.54, 1.807) is 0 Å². The van der Waals surface area contributed by atoms with Crippen LogP contribution < -0.4 is 0 Å². The zero-order valence-electron chi connectivity index (χ0n) is 14.0. The maximum atomic E-state index is 12.6. The summed E-state index contributed by atoms with van der Waals surface area (Å²) in [6, 6.07) is 0. The summed E-state index contributed by atoms with van der Waals surface area (Å²) in [7, 11) is 1.43. The van der Waals surface area contributed by atoms with Gasteiger partial charge in [-0.1, -0.05) is 13.3 Å². The fourth-order valence-corrected chi connectivity index (χ4v) is 6.49. The summed E-state index contributed by atoms with van der Waals surface area (Å²) in [6.07, 6.45) is 0.174. The fourth-order valence-electron chi connectivity index (χ4n) is 6.49. The fraction of sp³-hybridized carbons (Fsp3) is 0.882. The zero-order valence-corrected chi connectivity index (χ0v) is 14.0. The van der Waals surface area contributed by atoms with E-state index in [-0.39, 0.29) is 18.3 Å². The van der Waals surface area contributed by atoms with Gasteiger partial charge in [0.15, 0.2) is 5.60 Å². The molecular formula is C17H22O7. The van der Waals surface area contributed by atoms with Gasteiger partial charge in [-0.3, -0.25) is 9.59 Å². The van der Waals surface area contributed by atoms with Gasteiger partial charge in [0.05, 0.1) is 11.8 Å². The molecule has 3 saturated heterocycles. The minimum atomic E-state index is -1.43. The number of carbonyl (C=O) groups is 2. The molecule has 0 amide bonds. The van der Waals surface area contributed by atoms with Crippen molar-refractivity contribution in [2.75, 3.05) is 7.11 Å². The number of methoxy groups -OCH3 is 1. The van der Waals surface area contributed by atoms with Gasteiger partial charge in [0, 0.05) is 18.4 Å². The van der Waals surface area contributed by atoms with Gasteiger partial charge in [0.25, 0.3) is 0 Å². The maximum absolute atomic E-state index is 12.6. The number of cyclic esters (lactones) is 1. The molecule has 1 spiro atoms. The molecule has 0 aromatic rings. The standard InChI is InChI=1S/C17H22O7/c1-14-5-4-6-15(2)10(14)9(23-12(14)19)11-17(24-11)13(21-3)22-8(18)7-16(15,17)20/h9-11,13,20H,4-7H2,1-3H3/t9?,10-,11+,13-,14-,15-,16-,17-/m0/s1. The van der Waals surface area contributed by atoms with Crippen molar-refractivity contribution in [1.29, 1.82) is 0 Å². The minimum Gasteiger partial charge on any atom is -0.459 e. The lowest BCUT2D eigenvalue weighted by atomic mass is 9.43. The predicted molar refractivity (Wildman–Crippen MR) is 77.5 cm³/mol. The van der Waals surface area contributed by atoms with E-state index in [1.165, 1.54) is 7.11 Å². The smallest absolute Gasteiger partial charge is 0.312 e. The highest BCUT2D eigenvalue weighted by Crippen LogP contribution is 2.74. The first kappa shape index (κ1) is 15.1. The van der Waals surface area contributed by atoms with Gasteiger partial charge in [0.2, 0.25) is 6.29 Å². The van der Waals surface area contributed by atoms with Crippen LogP contribution in [0.1, 0.15) is 39.5 Å². The van der Waals surface area contributed by atoms with E-state index in [0.717, 1.165) is 12.8 Å². The molecule has 5 rings (SSSR count). The first-order valence-corrected chi connectivity index (χ1v) is 8.58. The Hall–Kier alpha value is -1.18. The number of aliphatic hydroxyl groups is 1. The first-order chi connectivity index (χ1) is 11.2. The van der Waals surface area contributed by atoms with Crippen molar-refractivity contribution in [1.82, 2.24) is 0 Å². The third-order valence-corrected chi connectivity index (χ3v) is 7.58. The number of rotatable bonds is 1. The number of esters is 2. The van der Waals surface area contributed by atoms with Crippen LogP contribution >= 0.6 is 0 Å². The third-order valence-electron chi connectivity index (χ3n) is 7.58. The normalized spacial score (nSPS) is 60.5. The third kappa shape index (κ3) is 1.25. The molecule has 0 aromatic carbocycles. The molecule has 8 atom stereocenters. The van der Waals surface area contributed by atoms with Crippen molar-refractivity contribution >= 4 is 11.9 Å². The van der Waals surface area contributed by atoms with Crippen molar-refractivity contribution in [3.8, 4) is 0 Å². The van der Waals surface area contributed by atoms with Crippen molar-refractivity contribution in [3.05, 3.63) is 0 Å². The second-order valence-electron chi connectivity index (χ2n) is 8.46. The van der Waals surface area contributed by atoms with Gasteiger partial charge >= 0.3 is 11.9 Å². The van der Waals surface area contributed by atoms with Crippen LogP contribution in [0.2, 0.25) is 0 Å². The van der Waals surface area contributed by atoms with Crippen molar-refractivity contribution in [2.45, 2.75) is 69.2 Å². The van der Waals surface area contributed by atoms with Crippen LogP contribution in [0.3, 0.4) is 0 Å². The van der Waals surface area contributed by atoms with Gasteiger partial charge in [0.1, 0.15) is 17.8 Å². The van der Waals surface area contributed by atoms with Gasteiger partial charge in [-0.15, -0.1) is 0 Å². The topological polar surface area (TPSA) is 94.6 Å². The molecule has 0 bridgehead atoms. The van der Waals surface area contributed by atoms with Crippen LogP contribution in [-0.2, 0) is 28.5 Å². The highest BCUT2D eigenvalue weighted by Gasteiger charge is 2.90. The Morgan fingerprint density at radius 3 is 2.67 bits per heavy atom. The van der Waals surface area contributed by atoms with Crippen molar-refractivity contribution in [2.24, 2.45) is 16.7 Å². The number of epoxide rings is 1.